The molecule has 0 radical (unpaired) electrons. The SMILES string of the molecule is COc1ccc(C(=O)N[C@@H]2C=C[C@H](CO)C2)cc1-c1ccccc1. The van der Waals surface area contributed by atoms with Gasteiger partial charge in [-0.25, -0.2) is 0 Å². The highest BCUT2D eigenvalue weighted by Crippen LogP contribution is 2.31. The summed E-state index contributed by atoms with van der Waals surface area (Å²) in [7, 11) is 1.62. The summed E-state index contributed by atoms with van der Waals surface area (Å²) < 4.78 is 5.43. The Kier molecular flexibility index (Phi) is 4.96. The summed E-state index contributed by atoms with van der Waals surface area (Å²) in [5.41, 5.74) is 2.49. The summed E-state index contributed by atoms with van der Waals surface area (Å²) >= 11 is 0. The van der Waals surface area contributed by atoms with Crippen LogP contribution < -0.4 is 10.1 Å². The van der Waals surface area contributed by atoms with Crippen molar-refractivity contribution in [1.29, 1.82) is 0 Å². The van der Waals surface area contributed by atoms with Crippen LogP contribution in [0.5, 0.6) is 5.75 Å². The van der Waals surface area contributed by atoms with Crippen molar-refractivity contribution in [3.05, 3.63) is 66.2 Å². The number of aliphatic hydroxyl groups is 1. The van der Waals surface area contributed by atoms with Crippen molar-refractivity contribution in [2.24, 2.45) is 5.92 Å². The first-order valence-corrected chi connectivity index (χ1v) is 8.04. The molecule has 0 saturated heterocycles. The molecule has 4 nitrogen and oxygen atoms in total. The van der Waals surface area contributed by atoms with E-state index in [1.165, 1.54) is 0 Å². The molecule has 2 aromatic carbocycles. The summed E-state index contributed by atoms with van der Waals surface area (Å²) in [6.07, 6.45) is 4.64. The molecule has 0 aromatic heterocycles. The Bertz CT molecular complexity index is 740. The molecule has 0 bridgehead atoms. The predicted molar refractivity (Wildman–Crippen MR) is 94.0 cm³/mol. The Morgan fingerprint density at radius 1 is 1.21 bits per heavy atom. The van der Waals surface area contributed by atoms with Gasteiger partial charge in [0.25, 0.3) is 5.91 Å². The molecule has 0 spiro atoms. The van der Waals surface area contributed by atoms with Crippen LogP contribution in [0.4, 0.5) is 0 Å². The van der Waals surface area contributed by atoms with E-state index in [4.69, 9.17) is 4.74 Å². The Balaban J connectivity index is 1.81. The lowest BCUT2D eigenvalue weighted by molar-refractivity contribution is 0.0941. The maximum absolute atomic E-state index is 12.5. The van der Waals surface area contributed by atoms with Gasteiger partial charge in [0.05, 0.1) is 7.11 Å². The fourth-order valence-electron chi connectivity index (χ4n) is 2.96. The van der Waals surface area contributed by atoms with Gasteiger partial charge in [0.2, 0.25) is 0 Å². The second-order valence-corrected chi connectivity index (χ2v) is 5.92. The third kappa shape index (κ3) is 3.49. The van der Waals surface area contributed by atoms with Crippen LogP contribution in [0.15, 0.2) is 60.7 Å². The van der Waals surface area contributed by atoms with Gasteiger partial charge in [0, 0.05) is 29.7 Å². The van der Waals surface area contributed by atoms with Gasteiger partial charge in [-0.2, -0.15) is 0 Å². The van der Waals surface area contributed by atoms with Gasteiger partial charge in [-0.1, -0.05) is 42.5 Å². The molecule has 0 unspecified atom stereocenters. The standard InChI is InChI=1S/C20H21NO3/c1-24-19-10-8-16(12-18(19)15-5-3-2-4-6-15)20(23)21-17-9-7-14(11-17)13-22/h2-10,12,14,17,22H,11,13H2,1H3,(H,21,23)/t14-,17+/m0/s1. The molecule has 0 fully saturated rings. The molecule has 4 heteroatoms. The van der Waals surface area contributed by atoms with Crippen molar-refractivity contribution in [2.75, 3.05) is 13.7 Å². The fourth-order valence-corrected chi connectivity index (χ4v) is 2.96. The number of methoxy groups -OCH3 is 1. The quantitative estimate of drug-likeness (QED) is 0.832. The third-order valence-corrected chi connectivity index (χ3v) is 4.27. The van der Waals surface area contributed by atoms with Gasteiger partial charge in [0.1, 0.15) is 5.75 Å². The highest BCUT2D eigenvalue weighted by molar-refractivity contribution is 5.96. The zero-order chi connectivity index (χ0) is 16.9. The number of aliphatic hydroxyl groups excluding tert-OH is 1. The van der Waals surface area contributed by atoms with Crippen molar-refractivity contribution in [2.45, 2.75) is 12.5 Å². The summed E-state index contributed by atoms with van der Waals surface area (Å²) in [6, 6.07) is 15.3. The molecule has 124 valence electrons. The van der Waals surface area contributed by atoms with Gasteiger partial charge in [-0.3, -0.25) is 4.79 Å². The Hall–Kier alpha value is -2.59. The van der Waals surface area contributed by atoms with E-state index in [0.717, 1.165) is 23.3 Å². The number of ether oxygens (including phenoxy) is 1. The van der Waals surface area contributed by atoms with E-state index in [0.29, 0.717) is 5.56 Å². The molecule has 2 aromatic rings. The van der Waals surface area contributed by atoms with E-state index in [2.05, 4.69) is 5.32 Å². The number of carbonyl (C=O) groups excluding carboxylic acids is 1. The minimum atomic E-state index is -0.122. The zero-order valence-electron chi connectivity index (χ0n) is 13.6. The van der Waals surface area contributed by atoms with Crippen LogP contribution in [-0.2, 0) is 0 Å². The molecule has 1 aliphatic carbocycles. The molecule has 0 heterocycles. The van der Waals surface area contributed by atoms with Crippen molar-refractivity contribution >= 4 is 5.91 Å². The van der Waals surface area contributed by atoms with Crippen LogP contribution in [0.3, 0.4) is 0 Å². The van der Waals surface area contributed by atoms with Gasteiger partial charge in [-0.05, 0) is 30.2 Å². The van der Waals surface area contributed by atoms with Crippen LogP contribution in [0.1, 0.15) is 16.8 Å². The summed E-state index contributed by atoms with van der Waals surface area (Å²) in [5, 5.41) is 12.2. The van der Waals surface area contributed by atoms with Crippen molar-refractivity contribution in [3.8, 4) is 16.9 Å². The summed E-state index contributed by atoms with van der Waals surface area (Å²) in [6.45, 7) is 0.115. The molecular weight excluding hydrogens is 302 g/mol. The van der Waals surface area contributed by atoms with E-state index >= 15 is 0 Å². The first-order valence-electron chi connectivity index (χ1n) is 8.04. The van der Waals surface area contributed by atoms with E-state index in [-0.39, 0.29) is 24.5 Å². The number of rotatable bonds is 5. The average Bonchev–Trinajstić information content (AvgIpc) is 3.09. The van der Waals surface area contributed by atoms with Crippen LogP contribution in [0.2, 0.25) is 0 Å². The molecule has 0 aliphatic heterocycles. The van der Waals surface area contributed by atoms with E-state index < -0.39 is 0 Å². The summed E-state index contributed by atoms with van der Waals surface area (Å²) in [4.78, 5) is 12.5. The van der Waals surface area contributed by atoms with Crippen LogP contribution in [-0.4, -0.2) is 30.8 Å². The second-order valence-electron chi connectivity index (χ2n) is 5.92. The largest absolute Gasteiger partial charge is 0.496 e. The smallest absolute Gasteiger partial charge is 0.251 e. The molecule has 3 rings (SSSR count). The topological polar surface area (TPSA) is 58.6 Å². The number of hydrogen-bond acceptors (Lipinski definition) is 3. The maximum Gasteiger partial charge on any atom is 0.251 e. The molecule has 2 atom stereocenters. The number of amides is 1. The monoisotopic (exact) mass is 323 g/mol. The maximum atomic E-state index is 12.5. The number of hydrogen-bond donors (Lipinski definition) is 2. The van der Waals surface area contributed by atoms with Crippen molar-refractivity contribution in [3.63, 3.8) is 0 Å². The molecule has 1 aliphatic rings. The number of nitrogens with one attached hydrogen (secondary N) is 1. The van der Waals surface area contributed by atoms with Gasteiger partial charge < -0.3 is 15.2 Å². The highest BCUT2D eigenvalue weighted by atomic mass is 16.5. The van der Waals surface area contributed by atoms with E-state index in [9.17, 15) is 9.90 Å². The Morgan fingerprint density at radius 2 is 2.00 bits per heavy atom. The molecule has 24 heavy (non-hydrogen) atoms. The lowest BCUT2D eigenvalue weighted by Crippen LogP contribution is -2.32. The average molecular weight is 323 g/mol. The minimum Gasteiger partial charge on any atom is -0.496 e. The Labute approximate surface area is 141 Å². The van der Waals surface area contributed by atoms with E-state index in [1.54, 1.807) is 13.2 Å². The van der Waals surface area contributed by atoms with Gasteiger partial charge in [0.15, 0.2) is 0 Å². The summed E-state index contributed by atoms with van der Waals surface area (Å²) in [5.74, 6) is 0.743. The molecule has 2 N–H and O–H groups in total. The van der Waals surface area contributed by atoms with Gasteiger partial charge >= 0.3 is 0 Å². The molecule has 0 saturated carbocycles. The number of benzene rings is 2. The minimum absolute atomic E-state index is 0.0306. The lowest BCUT2D eigenvalue weighted by atomic mass is 10.0. The predicted octanol–water partition coefficient (Wildman–Crippen LogP) is 3.03. The normalized spacial score (nSPS) is 19.2. The van der Waals surface area contributed by atoms with Crippen LogP contribution in [0.25, 0.3) is 11.1 Å². The lowest BCUT2D eigenvalue weighted by Gasteiger charge is -2.14. The molecule has 1 amide bonds. The van der Waals surface area contributed by atoms with Crippen molar-refractivity contribution in [1.82, 2.24) is 5.32 Å². The third-order valence-electron chi connectivity index (χ3n) is 4.27. The first-order chi connectivity index (χ1) is 11.7. The Morgan fingerprint density at radius 3 is 2.67 bits per heavy atom. The zero-order valence-corrected chi connectivity index (χ0v) is 13.6. The highest BCUT2D eigenvalue weighted by Gasteiger charge is 2.21. The van der Waals surface area contributed by atoms with Crippen LogP contribution in [0, 0.1) is 5.92 Å². The van der Waals surface area contributed by atoms with Crippen molar-refractivity contribution < 1.29 is 14.6 Å². The first kappa shape index (κ1) is 16.3. The van der Waals surface area contributed by atoms with Gasteiger partial charge in [-0.15, -0.1) is 0 Å². The fraction of sp³-hybridized carbons (Fsp3) is 0.250. The van der Waals surface area contributed by atoms with Crippen LogP contribution >= 0.6 is 0 Å². The number of carbonyl (C=O) groups is 1. The molecular formula is C20H21NO3. The second kappa shape index (κ2) is 7.32. The van der Waals surface area contributed by atoms with E-state index in [1.807, 2.05) is 54.6 Å².